The maximum Gasteiger partial charge on any atom is 0.338 e. The van der Waals surface area contributed by atoms with E-state index in [4.69, 9.17) is 4.74 Å². The van der Waals surface area contributed by atoms with Gasteiger partial charge in [0.1, 0.15) is 0 Å². The third-order valence-corrected chi connectivity index (χ3v) is 5.65. The Morgan fingerprint density at radius 3 is 2.74 bits per heavy atom. The zero-order valence-electron chi connectivity index (χ0n) is 12.9. The average Bonchev–Trinajstić information content (AvgIpc) is 2.47. The maximum absolute atomic E-state index is 12.7. The number of halogens is 2. The number of carbonyl (C=O) groups excluding carboxylic acids is 1. The number of carbonyl (C=O) groups is 1. The van der Waals surface area contributed by atoms with Crippen molar-refractivity contribution in [3.05, 3.63) is 28.2 Å². The van der Waals surface area contributed by atoms with E-state index >= 15 is 0 Å². The van der Waals surface area contributed by atoms with Gasteiger partial charge in [-0.05, 0) is 32.0 Å². The van der Waals surface area contributed by atoms with E-state index in [1.165, 1.54) is 16.4 Å². The van der Waals surface area contributed by atoms with Crippen LogP contribution in [0.4, 0.5) is 0 Å². The second-order valence-electron chi connectivity index (χ2n) is 5.11. The first-order chi connectivity index (χ1) is 10.3. The Labute approximate surface area is 151 Å². The summed E-state index contributed by atoms with van der Waals surface area (Å²) in [4.78, 5) is 11.9. The average molecular weight is 428 g/mol. The van der Waals surface area contributed by atoms with Gasteiger partial charge in [-0.1, -0.05) is 15.9 Å². The molecule has 23 heavy (non-hydrogen) atoms. The van der Waals surface area contributed by atoms with E-state index in [9.17, 15) is 13.2 Å². The summed E-state index contributed by atoms with van der Waals surface area (Å²) in [5.41, 5.74) is 0.220. The number of nitrogens with one attached hydrogen (secondary N) is 1. The Morgan fingerprint density at radius 1 is 1.43 bits per heavy atom. The number of esters is 1. The first-order valence-electron chi connectivity index (χ1n) is 7.06. The molecule has 0 spiro atoms. The van der Waals surface area contributed by atoms with E-state index in [1.54, 1.807) is 13.0 Å². The number of piperazine rings is 1. The van der Waals surface area contributed by atoms with Crippen LogP contribution >= 0.6 is 28.3 Å². The number of sulfonamides is 1. The summed E-state index contributed by atoms with van der Waals surface area (Å²) in [6, 6.07) is 4.52. The van der Waals surface area contributed by atoms with Crippen molar-refractivity contribution >= 4 is 44.3 Å². The molecule has 0 radical (unpaired) electrons. The van der Waals surface area contributed by atoms with Crippen molar-refractivity contribution in [3.8, 4) is 0 Å². The number of hydrogen-bond donors (Lipinski definition) is 1. The highest BCUT2D eigenvalue weighted by atomic mass is 79.9. The molecular formula is C14H20BrClN2O4S. The monoisotopic (exact) mass is 426 g/mol. The lowest BCUT2D eigenvalue weighted by molar-refractivity contribution is 0.0526. The third kappa shape index (κ3) is 4.90. The predicted octanol–water partition coefficient (Wildman–Crippen LogP) is 2.03. The van der Waals surface area contributed by atoms with Crippen molar-refractivity contribution in [2.45, 2.75) is 24.8 Å². The van der Waals surface area contributed by atoms with E-state index in [0.29, 0.717) is 24.1 Å². The summed E-state index contributed by atoms with van der Waals surface area (Å²) < 4.78 is 32.4. The molecule has 1 atom stereocenters. The highest BCUT2D eigenvalue weighted by Crippen LogP contribution is 2.24. The normalized spacial score (nSPS) is 19.0. The van der Waals surface area contributed by atoms with Crippen LogP contribution in [0, 0.1) is 0 Å². The summed E-state index contributed by atoms with van der Waals surface area (Å²) in [6.45, 7) is 5.31. The molecule has 1 aromatic carbocycles. The van der Waals surface area contributed by atoms with Crippen LogP contribution in [-0.2, 0) is 14.8 Å². The minimum atomic E-state index is -3.63. The van der Waals surface area contributed by atoms with Gasteiger partial charge in [0, 0.05) is 30.1 Å². The summed E-state index contributed by atoms with van der Waals surface area (Å²) >= 11 is 3.26. The van der Waals surface area contributed by atoms with E-state index in [0.717, 1.165) is 0 Å². The lowest BCUT2D eigenvalue weighted by Crippen LogP contribution is -2.51. The lowest BCUT2D eigenvalue weighted by atomic mass is 10.2. The Hall–Kier alpha value is -0.670. The summed E-state index contributed by atoms with van der Waals surface area (Å²) in [5, 5.41) is 3.20. The zero-order valence-corrected chi connectivity index (χ0v) is 16.1. The number of ether oxygens (including phenoxy) is 1. The van der Waals surface area contributed by atoms with Crippen LogP contribution in [0.1, 0.15) is 24.2 Å². The van der Waals surface area contributed by atoms with Crippen LogP contribution in [0.15, 0.2) is 27.6 Å². The van der Waals surface area contributed by atoms with E-state index in [1.807, 2.05) is 6.92 Å². The minimum Gasteiger partial charge on any atom is -0.462 e. The standard InChI is InChI=1S/C14H19BrN2O4S.ClH/c1-3-21-14(18)11-6-12(15)8-13(7-11)22(19,20)17-5-4-16-10(2)9-17;/h6-8,10,16H,3-5,9H2,1-2H3;1H. The van der Waals surface area contributed by atoms with Crippen molar-refractivity contribution in [2.24, 2.45) is 0 Å². The van der Waals surface area contributed by atoms with Gasteiger partial charge in [0.2, 0.25) is 10.0 Å². The second kappa shape index (κ2) is 8.43. The van der Waals surface area contributed by atoms with Crippen molar-refractivity contribution in [1.82, 2.24) is 9.62 Å². The fraction of sp³-hybridized carbons (Fsp3) is 0.500. The van der Waals surface area contributed by atoms with Gasteiger partial charge in [-0.2, -0.15) is 4.31 Å². The first-order valence-corrected chi connectivity index (χ1v) is 9.29. The molecule has 1 N–H and O–H groups in total. The van der Waals surface area contributed by atoms with Crippen LogP contribution in [0.3, 0.4) is 0 Å². The fourth-order valence-electron chi connectivity index (χ4n) is 2.31. The molecule has 6 nitrogen and oxygen atoms in total. The topological polar surface area (TPSA) is 75.7 Å². The SMILES string of the molecule is CCOC(=O)c1cc(Br)cc(S(=O)(=O)N2CCNC(C)C2)c1.Cl. The molecule has 130 valence electrons. The van der Waals surface area contributed by atoms with Crippen LogP contribution in [0.25, 0.3) is 0 Å². The van der Waals surface area contributed by atoms with Crippen molar-refractivity contribution in [2.75, 3.05) is 26.2 Å². The van der Waals surface area contributed by atoms with Gasteiger partial charge < -0.3 is 10.1 Å². The van der Waals surface area contributed by atoms with Gasteiger partial charge in [-0.25, -0.2) is 13.2 Å². The lowest BCUT2D eigenvalue weighted by Gasteiger charge is -2.31. The largest absolute Gasteiger partial charge is 0.462 e. The van der Waals surface area contributed by atoms with Gasteiger partial charge >= 0.3 is 5.97 Å². The molecule has 0 amide bonds. The molecule has 9 heteroatoms. The van der Waals surface area contributed by atoms with Gasteiger partial charge in [0.15, 0.2) is 0 Å². The Balaban J connectivity index is 0.00000264. The Kier molecular flexibility index (Phi) is 7.47. The number of benzene rings is 1. The molecule has 0 saturated carbocycles. The van der Waals surface area contributed by atoms with Crippen LogP contribution in [0.5, 0.6) is 0 Å². The third-order valence-electron chi connectivity index (χ3n) is 3.35. The Bertz CT molecular complexity index is 669. The molecule has 0 aromatic heterocycles. The molecule has 1 fully saturated rings. The zero-order chi connectivity index (χ0) is 16.3. The minimum absolute atomic E-state index is 0. The molecule has 1 aliphatic heterocycles. The van der Waals surface area contributed by atoms with Crippen molar-refractivity contribution < 1.29 is 17.9 Å². The predicted molar refractivity (Wildman–Crippen MR) is 93.6 cm³/mol. The fourth-order valence-corrected chi connectivity index (χ4v) is 4.55. The molecule has 1 saturated heterocycles. The van der Waals surface area contributed by atoms with Crippen LogP contribution < -0.4 is 5.32 Å². The van der Waals surface area contributed by atoms with Crippen LogP contribution in [0.2, 0.25) is 0 Å². The van der Waals surface area contributed by atoms with Gasteiger partial charge in [0.25, 0.3) is 0 Å². The Morgan fingerprint density at radius 2 is 2.13 bits per heavy atom. The summed E-state index contributed by atoms with van der Waals surface area (Å²) in [5.74, 6) is -0.533. The summed E-state index contributed by atoms with van der Waals surface area (Å²) in [7, 11) is -3.63. The van der Waals surface area contributed by atoms with Crippen molar-refractivity contribution in [3.63, 3.8) is 0 Å². The van der Waals surface area contributed by atoms with Gasteiger partial charge in [-0.15, -0.1) is 12.4 Å². The quantitative estimate of drug-likeness (QED) is 0.744. The number of rotatable bonds is 4. The molecule has 1 heterocycles. The highest BCUT2D eigenvalue weighted by molar-refractivity contribution is 9.10. The molecule has 1 aromatic rings. The van der Waals surface area contributed by atoms with E-state index < -0.39 is 16.0 Å². The molecular weight excluding hydrogens is 408 g/mol. The molecule has 0 bridgehead atoms. The first kappa shape index (κ1) is 20.4. The molecule has 0 aliphatic carbocycles. The smallest absolute Gasteiger partial charge is 0.338 e. The highest BCUT2D eigenvalue weighted by Gasteiger charge is 2.29. The number of hydrogen-bond acceptors (Lipinski definition) is 5. The van der Waals surface area contributed by atoms with Crippen molar-refractivity contribution in [1.29, 1.82) is 0 Å². The van der Waals surface area contributed by atoms with E-state index in [-0.39, 0.29) is 35.5 Å². The number of nitrogens with zero attached hydrogens (tertiary/aromatic N) is 1. The van der Waals surface area contributed by atoms with Gasteiger partial charge in [0.05, 0.1) is 17.1 Å². The molecule has 2 rings (SSSR count). The maximum atomic E-state index is 12.7. The summed E-state index contributed by atoms with van der Waals surface area (Å²) in [6.07, 6.45) is 0. The van der Waals surface area contributed by atoms with Gasteiger partial charge in [-0.3, -0.25) is 0 Å². The molecule has 1 unspecified atom stereocenters. The van der Waals surface area contributed by atoms with Crippen LogP contribution in [-0.4, -0.2) is 51.0 Å². The molecule has 1 aliphatic rings. The second-order valence-corrected chi connectivity index (χ2v) is 7.97. The van der Waals surface area contributed by atoms with E-state index in [2.05, 4.69) is 21.2 Å².